The first kappa shape index (κ1) is 29.3. The zero-order valence-corrected chi connectivity index (χ0v) is 24.6. The number of hydrogen-bond donors (Lipinski definition) is 0. The second kappa shape index (κ2) is 11.2. The first-order valence-electron chi connectivity index (χ1n) is 12.1. The van der Waals surface area contributed by atoms with E-state index in [4.69, 9.17) is 16.0 Å². The molecule has 0 aliphatic heterocycles. The minimum absolute atomic E-state index is 0.0537. The highest BCUT2D eigenvalue weighted by Crippen LogP contribution is 2.38. The third-order valence-electron chi connectivity index (χ3n) is 7.01. The van der Waals surface area contributed by atoms with Crippen molar-refractivity contribution in [3.05, 3.63) is 94.5 Å². The topological polar surface area (TPSA) is 46.6 Å². The van der Waals surface area contributed by atoms with E-state index in [9.17, 15) is 12.8 Å². The lowest BCUT2D eigenvalue weighted by Gasteiger charge is -2.36. The lowest BCUT2D eigenvalue weighted by molar-refractivity contribution is 0.291. The van der Waals surface area contributed by atoms with Crippen molar-refractivity contribution in [1.29, 1.82) is 0 Å². The van der Waals surface area contributed by atoms with Crippen LogP contribution in [0.3, 0.4) is 0 Å². The van der Waals surface area contributed by atoms with Gasteiger partial charge in [-0.2, -0.15) is 0 Å². The predicted octanol–water partition coefficient (Wildman–Crippen LogP) is 8.14. The average molecular weight is 566 g/mol. The second-order valence-electron chi connectivity index (χ2n) is 10.6. The number of nitrogens with zero attached hydrogens (tertiary/aromatic N) is 1. The van der Waals surface area contributed by atoms with Gasteiger partial charge in [0.25, 0.3) is 10.0 Å². The summed E-state index contributed by atoms with van der Waals surface area (Å²) in [6.07, 6.45) is 0.549. The quantitative estimate of drug-likeness (QED) is 0.246. The van der Waals surface area contributed by atoms with Crippen LogP contribution in [0.1, 0.15) is 44.9 Å². The molecule has 4 nitrogen and oxygen atoms in total. The molecule has 200 valence electrons. The SMILES string of the molecule is CC(c1ccccc1CCO[Si](C)(C)C(C)(C)C)N(c1cc(F)ccc1F)S(=O)(=O)c1ccc(Cl)cc1. The molecule has 37 heavy (non-hydrogen) atoms. The maximum Gasteiger partial charge on any atom is 0.264 e. The fourth-order valence-corrected chi connectivity index (χ4v) is 6.66. The van der Waals surface area contributed by atoms with Gasteiger partial charge in [0.05, 0.1) is 16.6 Å². The Labute approximate surface area is 225 Å². The van der Waals surface area contributed by atoms with Crippen molar-refractivity contribution in [2.45, 2.75) is 63.2 Å². The van der Waals surface area contributed by atoms with E-state index < -0.39 is 36.0 Å². The monoisotopic (exact) mass is 565 g/mol. The van der Waals surface area contributed by atoms with Crippen molar-refractivity contribution < 1.29 is 21.6 Å². The number of rotatable bonds is 9. The highest BCUT2D eigenvalue weighted by molar-refractivity contribution is 7.92. The van der Waals surface area contributed by atoms with Gasteiger partial charge in [-0.25, -0.2) is 17.2 Å². The molecule has 0 aliphatic rings. The molecule has 0 heterocycles. The van der Waals surface area contributed by atoms with Gasteiger partial charge in [0.15, 0.2) is 8.32 Å². The third-order valence-corrected chi connectivity index (χ3v) is 13.7. The molecule has 0 aromatic heterocycles. The van der Waals surface area contributed by atoms with Crippen molar-refractivity contribution in [1.82, 2.24) is 0 Å². The van der Waals surface area contributed by atoms with Crippen molar-refractivity contribution in [2.75, 3.05) is 10.9 Å². The summed E-state index contributed by atoms with van der Waals surface area (Å²) < 4.78 is 64.3. The van der Waals surface area contributed by atoms with E-state index in [1.165, 1.54) is 24.3 Å². The number of sulfonamides is 1. The number of hydrogen-bond acceptors (Lipinski definition) is 3. The van der Waals surface area contributed by atoms with Gasteiger partial charge in [-0.05, 0) is 79.0 Å². The van der Waals surface area contributed by atoms with E-state index >= 15 is 4.39 Å². The molecule has 0 N–H and O–H groups in total. The van der Waals surface area contributed by atoms with Crippen molar-refractivity contribution in [3.63, 3.8) is 0 Å². The van der Waals surface area contributed by atoms with Crippen LogP contribution in [0.25, 0.3) is 0 Å². The number of anilines is 1. The van der Waals surface area contributed by atoms with Gasteiger partial charge < -0.3 is 4.43 Å². The fourth-order valence-electron chi connectivity index (χ4n) is 3.85. The molecule has 0 spiro atoms. The maximum atomic E-state index is 15.0. The van der Waals surface area contributed by atoms with Crippen LogP contribution in [0.2, 0.25) is 23.2 Å². The predicted molar refractivity (Wildman–Crippen MR) is 149 cm³/mol. The van der Waals surface area contributed by atoms with Gasteiger partial charge in [0, 0.05) is 17.7 Å². The Balaban J connectivity index is 2.06. The second-order valence-corrected chi connectivity index (χ2v) is 17.6. The molecule has 1 atom stereocenters. The minimum Gasteiger partial charge on any atom is -0.416 e. The molecule has 0 aliphatic carbocycles. The standard InChI is InChI=1S/C28H34ClF2NO3SSi/c1-20(25-10-8-7-9-21(25)17-18-35-37(5,6)28(2,3)4)32(27-19-23(30)13-16-26(27)31)36(33,34)24-14-11-22(29)12-15-24/h7-16,19-20H,17-18H2,1-6H3. The molecule has 0 saturated heterocycles. The van der Waals surface area contributed by atoms with Crippen LogP contribution >= 0.6 is 11.6 Å². The van der Waals surface area contributed by atoms with Gasteiger partial charge >= 0.3 is 0 Å². The molecule has 0 saturated carbocycles. The summed E-state index contributed by atoms with van der Waals surface area (Å²) in [6, 6.07) is 15.0. The van der Waals surface area contributed by atoms with Gasteiger partial charge in [-0.1, -0.05) is 56.6 Å². The Morgan fingerprint density at radius 2 is 1.62 bits per heavy atom. The summed E-state index contributed by atoms with van der Waals surface area (Å²) in [5, 5.41) is 0.417. The van der Waals surface area contributed by atoms with Gasteiger partial charge in [-0.15, -0.1) is 0 Å². The Kier molecular flexibility index (Phi) is 8.89. The number of benzene rings is 3. The molecule has 0 fully saturated rings. The van der Waals surface area contributed by atoms with Crippen LogP contribution in [0.4, 0.5) is 14.5 Å². The molecule has 0 radical (unpaired) electrons. The lowest BCUT2D eigenvalue weighted by Crippen LogP contribution is -2.41. The summed E-state index contributed by atoms with van der Waals surface area (Å²) in [5.74, 6) is -1.58. The zero-order valence-electron chi connectivity index (χ0n) is 22.1. The van der Waals surface area contributed by atoms with E-state index in [2.05, 4.69) is 33.9 Å². The highest BCUT2D eigenvalue weighted by Gasteiger charge is 2.37. The first-order chi connectivity index (χ1) is 17.1. The normalized spacial score (nSPS) is 13.4. The number of halogens is 3. The molecule has 9 heteroatoms. The molecule has 0 bridgehead atoms. The Hall–Kier alpha value is -2.26. The van der Waals surface area contributed by atoms with E-state index in [-0.39, 0.29) is 15.6 Å². The Morgan fingerprint density at radius 3 is 2.24 bits per heavy atom. The van der Waals surface area contributed by atoms with Crippen LogP contribution in [0.15, 0.2) is 71.6 Å². The summed E-state index contributed by atoms with van der Waals surface area (Å²) in [6.45, 7) is 13.0. The average Bonchev–Trinajstić information content (AvgIpc) is 2.81. The van der Waals surface area contributed by atoms with Gasteiger partial charge in [0.1, 0.15) is 11.6 Å². The smallest absolute Gasteiger partial charge is 0.264 e. The van der Waals surface area contributed by atoms with E-state index in [0.717, 1.165) is 28.1 Å². The van der Waals surface area contributed by atoms with Crippen LogP contribution in [0, 0.1) is 11.6 Å². The fraction of sp³-hybridized carbons (Fsp3) is 0.357. The zero-order chi connectivity index (χ0) is 27.6. The van der Waals surface area contributed by atoms with E-state index in [0.29, 0.717) is 23.6 Å². The molecular weight excluding hydrogens is 532 g/mol. The highest BCUT2D eigenvalue weighted by atomic mass is 35.5. The maximum absolute atomic E-state index is 15.0. The molecular formula is C28H34ClF2NO3SSi. The van der Waals surface area contributed by atoms with E-state index in [1.807, 2.05) is 18.2 Å². The molecule has 0 amide bonds. The lowest BCUT2D eigenvalue weighted by atomic mass is 9.99. The van der Waals surface area contributed by atoms with E-state index in [1.54, 1.807) is 13.0 Å². The molecule has 1 unspecified atom stereocenters. The Bertz CT molecular complexity index is 1340. The first-order valence-corrected chi connectivity index (χ1v) is 16.8. The summed E-state index contributed by atoms with van der Waals surface area (Å²) in [5.41, 5.74) is 1.19. The minimum atomic E-state index is -4.29. The van der Waals surface area contributed by atoms with Crippen LogP contribution in [0.5, 0.6) is 0 Å². The summed E-state index contributed by atoms with van der Waals surface area (Å²) in [4.78, 5) is -0.0776. The Morgan fingerprint density at radius 1 is 1.00 bits per heavy atom. The van der Waals surface area contributed by atoms with Gasteiger partial charge in [0.2, 0.25) is 0 Å². The van der Waals surface area contributed by atoms with Crippen molar-refractivity contribution >= 4 is 35.6 Å². The van der Waals surface area contributed by atoms with Crippen LogP contribution < -0.4 is 4.31 Å². The summed E-state index contributed by atoms with van der Waals surface area (Å²) in [7, 11) is -6.27. The van der Waals surface area contributed by atoms with Crippen molar-refractivity contribution in [2.24, 2.45) is 0 Å². The largest absolute Gasteiger partial charge is 0.416 e. The van der Waals surface area contributed by atoms with Gasteiger partial charge in [-0.3, -0.25) is 4.31 Å². The third kappa shape index (κ3) is 6.60. The molecule has 3 aromatic carbocycles. The molecule has 3 rings (SSSR count). The summed E-state index contributed by atoms with van der Waals surface area (Å²) >= 11 is 5.97. The van der Waals surface area contributed by atoms with Crippen molar-refractivity contribution in [3.8, 4) is 0 Å². The van der Waals surface area contributed by atoms with Crippen LogP contribution in [-0.4, -0.2) is 23.3 Å². The molecule has 3 aromatic rings. The van der Waals surface area contributed by atoms with Crippen LogP contribution in [-0.2, 0) is 20.9 Å².